The molecule has 0 bridgehead atoms. The maximum atomic E-state index is 12.8. The smallest absolute Gasteiger partial charge is 0.357 e. The van der Waals surface area contributed by atoms with Gasteiger partial charge in [0.1, 0.15) is 11.6 Å². The van der Waals surface area contributed by atoms with Gasteiger partial charge in [0.15, 0.2) is 0 Å². The lowest BCUT2D eigenvalue weighted by Crippen LogP contribution is -2.52. The number of piperazine rings is 1. The fraction of sp³-hybridized carbons (Fsp3) is 0.476. The molecule has 32 heavy (non-hydrogen) atoms. The number of carbonyl (C=O) groups excluding carboxylic acids is 1. The summed E-state index contributed by atoms with van der Waals surface area (Å²) in [6.07, 6.45) is 0.450. The molecule has 4 heterocycles. The minimum Gasteiger partial charge on any atom is -0.357 e. The first-order valence-electron chi connectivity index (χ1n) is 10.5. The number of hydrogen-bond donors (Lipinski definition) is 1. The maximum Gasteiger partial charge on any atom is 0.417 e. The van der Waals surface area contributed by atoms with Crippen LogP contribution in [0.2, 0.25) is 5.02 Å². The van der Waals surface area contributed by atoms with E-state index in [4.69, 9.17) is 11.6 Å². The molecule has 2 amide bonds. The van der Waals surface area contributed by atoms with Crippen LogP contribution in [-0.2, 0) is 12.7 Å². The summed E-state index contributed by atoms with van der Waals surface area (Å²) in [5, 5.41) is 2.84. The number of aromatic nitrogens is 2. The van der Waals surface area contributed by atoms with Crippen molar-refractivity contribution in [1.29, 1.82) is 0 Å². The Labute approximate surface area is 189 Å². The van der Waals surface area contributed by atoms with Crippen LogP contribution in [0.3, 0.4) is 0 Å². The van der Waals surface area contributed by atoms with Crippen LogP contribution in [0, 0.1) is 0 Å². The highest BCUT2D eigenvalue weighted by atomic mass is 35.5. The highest BCUT2D eigenvalue weighted by Gasteiger charge is 2.32. The molecular formula is C21H24ClF3N6O. The summed E-state index contributed by atoms with van der Waals surface area (Å²) in [6, 6.07) is 4.63. The minimum absolute atomic E-state index is 0.0531. The van der Waals surface area contributed by atoms with Crippen molar-refractivity contribution in [3.63, 3.8) is 0 Å². The number of anilines is 2. The third kappa shape index (κ3) is 5.17. The van der Waals surface area contributed by atoms with E-state index < -0.39 is 11.7 Å². The van der Waals surface area contributed by atoms with Crippen molar-refractivity contribution in [2.24, 2.45) is 0 Å². The van der Waals surface area contributed by atoms with Gasteiger partial charge in [-0.05, 0) is 30.5 Å². The Balaban J connectivity index is 1.26. The average molecular weight is 469 g/mol. The molecule has 2 fully saturated rings. The van der Waals surface area contributed by atoms with Crippen LogP contribution < -0.4 is 15.1 Å². The lowest BCUT2D eigenvalue weighted by Gasteiger charge is -2.35. The normalized spacial score (nSPS) is 17.1. The molecule has 0 spiro atoms. The van der Waals surface area contributed by atoms with E-state index in [1.165, 1.54) is 12.8 Å². The number of halogens is 4. The van der Waals surface area contributed by atoms with E-state index in [2.05, 4.69) is 20.2 Å². The van der Waals surface area contributed by atoms with Gasteiger partial charge in [0.05, 0.1) is 10.6 Å². The zero-order chi connectivity index (χ0) is 22.7. The third-order valence-electron chi connectivity index (χ3n) is 5.70. The topological polar surface area (TPSA) is 64.6 Å². The molecule has 0 aliphatic carbocycles. The highest BCUT2D eigenvalue weighted by Crippen LogP contribution is 2.33. The lowest BCUT2D eigenvalue weighted by molar-refractivity contribution is -0.137. The van der Waals surface area contributed by atoms with Crippen LogP contribution in [0.4, 0.5) is 29.6 Å². The first-order valence-corrected chi connectivity index (χ1v) is 10.9. The van der Waals surface area contributed by atoms with Gasteiger partial charge in [0.2, 0.25) is 0 Å². The van der Waals surface area contributed by atoms with Crippen LogP contribution >= 0.6 is 11.6 Å². The second-order valence-electron chi connectivity index (χ2n) is 7.88. The second kappa shape index (κ2) is 9.40. The predicted molar refractivity (Wildman–Crippen MR) is 116 cm³/mol. The van der Waals surface area contributed by atoms with Gasteiger partial charge in [-0.1, -0.05) is 17.7 Å². The summed E-state index contributed by atoms with van der Waals surface area (Å²) < 4.78 is 38.4. The molecule has 0 radical (unpaired) electrons. The summed E-state index contributed by atoms with van der Waals surface area (Å²) in [7, 11) is 0. The van der Waals surface area contributed by atoms with Gasteiger partial charge >= 0.3 is 12.2 Å². The number of rotatable bonds is 4. The van der Waals surface area contributed by atoms with Crippen molar-refractivity contribution in [1.82, 2.24) is 20.2 Å². The standard InChI is InChI=1S/C21H24ClF3N6O/c22-17-11-16(21(23,24)25)14-27-19(17)30-7-9-31(10-8-30)20(32)28-13-15-3-4-18(26-12-15)29-5-1-2-6-29/h3-4,11-12,14H,1-2,5-10,13H2,(H,28,32). The van der Waals surface area contributed by atoms with Crippen molar-refractivity contribution in [3.8, 4) is 0 Å². The van der Waals surface area contributed by atoms with Gasteiger partial charge in [-0.2, -0.15) is 13.2 Å². The number of pyridine rings is 2. The number of hydrogen-bond acceptors (Lipinski definition) is 5. The van der Waals surface area contributed by atoms with Gasteiger partial charge in [-0.3, -0.25) is 0 Å². The lowest BCUT2D eigenvalue weighted by atomic mass is 10.2. The van der Waals surface area contributed by atoms with Crippen LogP contribution in [0.15, 0.2) is 30.6 Å². The van der Waals surface area contributed by atoms with Gasteiger partial charge in [0, 0.05) is 58.2 Å². The van der Waals surface area contributed by atoms with Crippen LogP contribution in [0.25, 0.3) is 0 Å². The summed E-state index contributed by atoms with van der Waals surface area (Å²) in [5.41, 5.74) is 0.0351. The Morgan fingerprint density at radius 2 is 1.72 bits per heavy atom. The van der Waals surface area contributed by atoms with Crippen LogP contribution in [0.5, 0.6) is 0 Å². The molecule has 172 valence electrons. The number of amides is 2. The number of urea groups is 1. The highest BCUT2D eigenvalue weighted by molar-refractivity contribution is 6.33. The molecule has 0 saturated carbocycles. The average Bonchev–Trinajstić information content (AvgIpc) is 3.32. The summed E-state index contributed by atoms with van der Waals surface area (Å²) in [6.45, 7) is 4.12. The first-order chi connectivity index (χ1) is 15.3. The van der Waals surface area contributed by atoms with Gasteiger partial charge in [-0.15, -0.1) is 0 Å². The molecule has 11 heteroatoms. The molecule has 1 N–H and O–H groups in total. The molecule has 7 nitrogen and oxygen atoms in total. The predicted octanol–water partition coefficient (Wildman–Crippen LogP) is 3.78. The molecule has 2 aromatic rings. The minimum atomic E-state index is -4.49. The van der Waals surface area contributed by atoms with E-state index in [9.17, 15) is 18.0 Å². The van der Waals surface area contributed by atoms with Crippen molar-refractivity contribution >= 4 is 29.3 Å². The second-order valence-corrected chi connectivity index (χ2v) is 8.29. The Morgan fingerprint density at radius 3 is 2.31 bits per heavy atom. The Hall–Kier alpha value is -2.75. The molecule has 4 rings (SSSR count). The fourth-order valence-corrected chi connectivity index (χ4v) is 4.17. The molecular weight excluding hydrogens is 445 g/mol. The van der Waals surface area contributed by atoms with Crippen LogP contribution in [-0.4, -0.2) is 60.2 Å². The molecule has 0 atom stereocenters. The van der Waals surface area contributed by atoms with Crippen molar-refractivity contribution in [2.75, 3.05) is 49.1 Å². The van der Waals surface area contributed by atoms with Gasteiger partial charge in [0.25, 0.3) is 0 Å². The summed E-state index contributed by atoms with van der Waals surface area (Å²) >= 11 is 6.03. The van der Waals surface area contributed by atoms with E-state index in [-0.39, 0.29) is 11.1 Å². The largest absolute Gasteiger partial charge is 0.417 e. The van der Waals surface area contributed by atoms with Crippen molar-refractivity contribution in [3.05, 3.63) is 46.7 Å². The van der Waals surface area contributed by atoms with Gasteiger partial charge < -0.3 is 20.0 Å². The number of nitrogens with one attached hydrogen (secondary N) is 1. The molecule has 2 aliphatic heterocycles. The Morgan fingerprint density at radius 1 is 1.00 bits per heavy atom. The Kier molecular flexibility index (Phi) is 6.59. The molecule has 2 saturated heterocycles. The van der Waals surface area contributed by atoms with E-state index in [1.54, 1.807) is 16.0 Å². The summed E-state index contributed by atoms with van der Waals surface area (Å²) in [5.74, 6) is 1.26. The maximum absolute atomic E-state index is 12.8. The Bertz CT molecular complexity index is 942. The van der Waals surface area contributed by atoms with Crippen molar-refractivity contribution in [2.45, 2.75) is 25.6 Å². The van der Waals surface area contributed by atoms with Crippen molar-refractivity contribution < 1.29 is 18.0 Å². The van der Waals surface area contributed by atoms with E-state index >= 15 is 0 Å². The quantitative estimate of drug-likeness (QED) is 0.740. The van der Waals surface area contributed by atoms with E-state index in [0.717, 1.165) is 36.7 Å². The SMILES string of the molecule is O=C(NCc1ccc(N2CCCC2)nc1)N1CCN(c2ncc(C(F)(F)F)cc2Cl)CC1. The molecule has 0 aromatic carbocycles. The zero-order valence-corrected chi connectivity index (χ0v) is 18.2. The first kappa shape index (κ1) is 22.4. The molecule has 2 aromatic heterocycles. The zero-order valence-electron chi connectivity index (χ0n) is 17.4. The molecule has 0 unspecified atom stereocenters. The fourth-order valence-electron chi connectivity index (χ4n) is 3.88. The number of nitrogens with zero attached hydrogens (tertiary/aromatic N) is 5. The van der Waals surface area contributed by atoms with E-state index in [0.29, 0.717) is 38.5 Å². The molecule has 2 aliphatic rings. The monoisotopic (exact) mass is 468 g/mol. The summed E-state index contributed by atoms with van der Waals surface area (Å²) in [4.78, 5) is 26.6. The van der Waals surface area contributed by atoms with E-state index in [1.807, 2.05) is 12.1 Å². The number of alkyl halides is 3. The van der Waals surface area contributed by atoms with Crippen LogP contribution in [0.1, 0.15) is 24.0 Å². The van der Waals surface area contributed by atoms with Gasteiger partial charge in [-0.25, -0.2) is 14.8 Å². The third-order valence-corrected chi connectivity index (χ3v) is 5.98. The number of carbonyl (C=O) groups is 1.